The van der Waals surface area contributed by atoms with Crippen molar-refractivity contribution in [1.29, 1.82) is 0 Å². The minimum absolute atomic E-state index is 0.0945. The van der Waals surface area contributed by atoms with E-state index in [1.807, 2.05) is 42.3 Å². The highest BCUT2D eigenvalue weighted by Crippen LogP contribution is 2.28. The predicted molar refractivity (Wildman–Crippen MR) is 89.1 cm³/mol. The van der Waals surface area contributed by atoms with Gasteiger partial charge in [0.15, 0.2) is 0 Å². The minimum Gasteiger partial charge on any atom is -0.338 e. The quantitative estimate of drug-likeness (QED) is 0.917. The zero-order valence-electron chi connectivity index (χ0n) is 13.0. The summed E-state index contributed by atoms with van der Waals surface area (Å²) >= 11 is 5.92. The third kappa shape index (κ3) is 2.64. The van der Waals surface area contributed by atoms with Crippen LogP contribution in [0.4, 0.5) is 0 Å². The summed E-state index contributed by atoms with van der Waals surface area (Å²) in [6, 6.07) is 7.44. The standard InChI is InChI=1S/C17H19ClN4O/c1-11-16(10-22(20-11)15-4-2-14(18)3-5-15)17(23)21-8-12-6-19-7-13(12)9-21/h2-5,10,12-13,19H,6-9H2,1H3/t12-,13+. The summed E-state index contributed by atoms with van der Waals surface area (Å²) in [6.45, 7) is 5.64. The van der Waals surface area contributed by atoms with Crippen LogP contribution in [0.2, 0.25) is 5.02 Å². The van der Waals surface area contributed by atoms with Gasteiger partial charge in [-0.1, -0.05) is 11.6 Å². The summed E-state index contributed by atoms with van der Waals surface area (Å²) in [7, 11) is 0. The first-order valence-electron chi connectivity index (χ1n) is 7.94. The van der Waals surface area contributed by atoms with E-state index in [1.54, 1.807) is 4.68 Å². The van der Waals surface area contributed by atoms with Crippen molar-refractivity contribution in [3.63, 3.8) is 0 Å². The summed E-state index contributed by atoms with van der Waals surface area (Å²) in [5.41, 5.74) is 2.35. The molecule has 6 heteroatoms. The van der Waals surface area contributed by atoms with E-state index in [0.29, 0.717) is 22.4 Å². The number of amides is 1. The predicted octanol–water partition coefficient (Wildman–Crippen LogP) is 2.13. The summed E-state index contributed by atoms with van der Waals surface area (Å²) < 4.78 is 1.75. The van der Waals surface area contributed by atoms with Crippen molar-refractivity contribution in [2.24, 2.45) is 11.8 Å². The Labute approximate surface area is 140 Å². The molecule has 2 aliphatic rings. The third-order valence-electron chi connectivity index (χ3n) is 4.90. The van der Waals surface area contributed by atoms with Gasteiger partial charge in [-0.15, -0.1) is 0 Å². The van der Waals surface area contributed by atoms with Crippen LogP contribution in [-0.4, -0.2) is 46.8 Å². The zero-order chi connectivity index (χ0) is 16.0. The third-order valence-corrected chi connectivity index (χ3v) is 5.15. The first-order chi connectivity index (χ1) is 11.1. The van der Waals surface area contributed by atoms with Crippen molar-refractivity contribution >= 4 is 17.5 Å². The highest BCUT2D eigenvalue weighted by atomic mass is 35.5. The lowest BCUT2D eigenvalue weighted by molar-refractivity contribution is 0.0781. The Kier molecular flexibility index (Phi) is 3.62. The molecule has 0 spiro atoms. The molecule has 2 saturated heterocycles. The SMILES string of the molecule is Cc1nn(-c2ccc(Cl)cc2)cc1C(=O)N1C[C@H]2CNC[C@H]2C1. The average Bonchev–Trinajstić information content (AvgIpc) is 3.21. The van der Waals surface area contributed by atoms with E-state index in [1.165, 1.54) is 0 Å². The van der Waals surface area contributed by atoms with Gasteiger partial charge in [0.1, 0.15) is 0 Å². The molecular formula is C17H19ClN4O. The smallest absolute Gasteiger partial charge is 0.257 e. The molecule has 2 aliphatic heterocycles. The van der Waals surface area contributed by atoms with Crippen LogP contribution >= 0.6 is 11.6 Å². The van der Waals surface area contributed by atoms with Crippen molar-refractivity contribution in [3.8, 4) is 5.69 Å². The van der Waals surface area contributed by atoms with E-state index >= 15 is 0 Å². The second kappa shape index (κ2) is 5.65. The lowest BCUT2D eigenvalue weighted by Crippen LogP contribution is -2.32. The number of halogens is 1. The zero-order valence-corrected chi connectivity index (χ0v) is 13.8. The van der Waals surface area contributed by atoms with Crippen LogP contribution in [0.5, 0.6) is 0 Å². The van der Waals surface area contributed by atoms with Gasteiger partial charge in [-0.3, -0.25) is 4.79 Å². The van der Waals surface area contributed by atoms with Crippen molar-refractivity contribution in [1.82, 2.24) is 20.0 Å². The number of aryl methyl sites for hydroxylation is 1. The van der Waals surface area contributed by atoms with Crippen molar-refractivity contribution in [3.05, 3.63) is 46.7 Å². The Morgan fingerprint density at radius 1 is 1.22 bits per heavy atom. The molecule has 23 heavy (non-hydrogen) atoms. The molecule has 2 fully saturated rings. The fourth-order valence-corrected chi connectivity index (χ4v) is 3.71. The topological polar surface area (TPSA) is 50.2 Å². The van der Waals surface area contributed by atoms with Gasteiger partial charge in [0.25, 0.3) is 5.91 Å². The molecule has 1 aromatic carbocycles. The lowest BCUT2D eigenvalue weighted by Gasteiger charge is -2.16. The molecule has 3 heterocycles. The molecule has 0 aliphatic carbocycles. The fraction of sp³-hybridized carbons (Fsp3) is 0.412. The summed E-state index contributed by atoms with van der Waals surface area (Å²) in [5, 5.41) is 8.58. The summed E-state index contributed by atoms with van der Waals surface area (Å²) in [6.07, 6.45) is 1.83. The number of likely N-dealkylation sites (tertiary alicyclic amines) is 1. The van der Waals surface area contributed by atoms with Crippen LogP contribution in [0, 0.1) is 18.8 Å². The first kappa shape index (κ1) is 14.7. The number of hydrogen-bond donors (Lipinski definition) is 1. The number of rotatable bonds is 2. The highest BCUT2D eigenvalue weighted by molar-refractivity contribution is 6.30. The molecule has 0 radical (unpaired) electrons. The Hall–Kier alpha value is -1.85. The maximum Gasteiger partial charge on any atom is 0.257 e. The molecule has 1 aromatic heterocycles. The van der Waals surface area contributed by atoms with Crippen molar-refractivity contribution in [2.45, 2.75) is 6.92 Å². The number of hydrogen-bond acceptors (Lipinski definition) is 3. The Balaban J connectivity index is 1.57. The molecule has 0 saturated carbocycles. The number of nitrogens with zero attached hydrogens (tertiary/aromatic N) is 3. The maximum atomic E-state index is 12.8. The van der Waals surface area contributed by atoms with E-state index in [9.17, 15) is 4.79 Å². The molecule has 2 atom stereocenters. The van der Waals surface area contributed by atoms with Gasteiger partial charge in [0.05, 0.1) is 16.9 Å². The van der Waals surface area contributed by atoms with Gasteiger partial charge in [0, 0.05) is 37.4 Å². The number of nitrogens with one attached hydrogen (secondary N) is 1. The molecule has 1 N–H and O–H groups in total. The Bertz CT molecular complexity index is 728. The van der Waals surface area contributed by atoms with E-state index in [-0.39, 0.29) is 5.91 Å². The summed E-state index contributed by atoms with van der Waals surface area (Å²) in [5.74, 6) is 1.30. The van der Waals surface area contributed by atoms with E-state index in [2.05, 4.69) is 10.4 Å². The van der Waals surface area contributed by atoms with Crippen LogP contribution in [0.1, 0.15) is 16.1 Å². The molecule has 5 nitrogen and oxygen atoms in total. The number of carbonyl (C=O) groups is 1. The van der Waals surface area contributed by atoms with Gasteiger partial charge in [-0.25, -0.2) is 4.68 Å². The van der Waals surface area contributed by atoms with Crippen molar-refractivity contribution < 1.29 is 4.79 Å². The van der Waals surface area contributed by atoms with Crippen LogP contribution in [0.3, 0.4) is 0 Å². The summed E-state index contributed by atoms with van der Waals surface area (Å²) in [4.78, 5) is 14.8. The average molecular weight is 331 g/mol. The second-order valence-corrected chi connectivity index (χ2v) is 6.87. The van der Waals surface area contributed by atoms with Crippen LogP contribution in [0.15, 0.2) is 30.5 Å². The molecule has 1 amide bonds. The van der Waals surface area contributed by atoms with E-state index in [0.717, 1.165) is 37.6 Å². The number of carbonyl (C=O) groups excluding carboxylic acids is 1. The van der Waals surface area contributed by atoms with Crippen LogP contribution < -0.4 is 5.32 Å². The minimum atomic E-state index is 0.0945. The number of fused-ring (bicyclic) bond motifs is 1. The highest BCUT2D eigenvalue weighted by Gasteiger charge is 2.38. The molecule has 4 rings (SSSR count). The number of aromatic nitrogens is 2. The van der Waals surface area contributed by atoms with Gasteiger partial charge >= 0.3 is 0 Å². The molecule has 2 aromatic rings. The number of benzene rings is 1. The normalized spacial score (nSPS) is 23.3. The largest absolute Gasteiger partial charge is 0.338 e. The van der Waals surface area contributed by atoms with Crippen LogP contribution in [0.25, 0.3) is 5.69 Å². The van der Waals surface area contributed by atoms with Crippen LogP contribution in [-0.2, 0) is 0 Å². The molecule has 120 valence electrons. The van der Waals surface area contributed by atoms with Gasteiger partial charge in [0.2, 0.25) is 0 Å². The van der Waals surface area contributed by atoms with E-state index < -0.39 is 0 Å². The van der Waals surface area contributed by atoms with Gasteiger partial charge in [-0.05, 0) is 43.0 Å². The first-order valence-corrected chi connectivity index (χ1v) is 8.32. The molecular weight excluding hydrogens is 312 g/mol. The Morgan fingerprint density at radius 2 is 1.87 bits per heavy atom. The van der Waals surface area contributed by atoms with Crippen molar-refractivity contribution in [2.75, 3.05) is 26.2 Å². The molecule has 0 bridgehead atoms. The maximum absolute atomic E-state index is 12.8. The van der Waals surface area contributed by atoms with Gasteiger partial charge < -0.3 is 10.2 Å². The van der Waals surface area contributed by atoms with Gasteiger partial charge in [-0.2, -0.15) is 5.10 Å². The lowest BCUT2D eigenvalue weighted by atomic mass is 10.0. The molecule has 0 unspecified atom stereocenters. The van der Waals surface area contributed by atoms with E-state index in [4.69, 9.17) is 11.6 Å². The monoisotopic (exact) mass is 330 g/mol. The second-order valence-electron chi connectivity index (χ2n) is 6.44. The fourth-order valence-electron chi connectivity index (χ4n) is 3.59. The Morgan fingerprint density at radius 3 is 2.52 bits per heavy atom.